The molecule has 11 heteroatoms. The molecule has 0 aromatic heterocycles. The Morgan fingerprint density at radius 1 is 0.829 bits per heavy atom. The number of nitrogens with zero attached hydrogens (tertiary/aromatic N) is 1. The number of rotatable bonds is 8. The first-order valence-electron chi connectivity index (χ1n) is 10.1. The molecule has 182 valence electrons. The second-order valence-electron chi connectivity index (χ2n) is 7.28. The van der Waals surface area contributed by atoms with Gasteiger partial charge >= 0.3 is 12.1 Å². The highest BCUT2D eigenvalue weighted by Crippen LogP contribution is 2.27. The molecule has 3 aromatic rings. The van der Waals surface area contributed by atoms with Gasteiger partial charge in [-0.25, -0.2) is 4.79 Å². The molecule has 0 unspecified atom stereocenters. The molecule has 0 spiro atoms. The first-order chi connectivity index (χ1) is 16.6. The van der Waals surface area contributed by atoms with Gasteiger partial charge in [-0.15, -0.1) is 0 Å². The standard InChI is InChI=1S/C24H18Cl4N2O5/c25-16-7-14(8-17(26)9-16)13-30(24(34)35-21-11-18(27)10-19(28)12-21)20-3-1-15(2-4-20)23(33)29-6-5-22(31)32/h1-4,7-12H,5-6,13H2,(H,29,33)(H,31,32). The van der Waals surface area contributed by atoms with E-state index in [0.717, 1.165) is 0 Å². The lowest BCUT2D eigenvalue weighted by Crippen LogP contribution is -2.33. The molecular formula is C24H18Cl4N2O5. The number of aliphatic carboxylic acids is 1. The number of carboxylic acids is 1. The van der Waals surface area contributed by atoms with Crippen LogP contribution in [0.2, 0.25) is 20.1 Å². The van der Waals surface area contributed by atoms with Gasteiger partial charge in [0.05, 0.1) is 13.0 Å². The number of carbonyl (C=O) groups excluding carboxylic acids is 2. The number of carbonyl (C=O) groups is 3. The van der Waals surface area contributed by atoms with Crippen LogP contribution in [0.1, 0.15) is 22.3 Å². The van der Waals surface area contributed by atoms with E-state index in [0.29, 0.717) is 36.9 Å². The zero-order valence-corrected chi connectivity index (χ0v) is 21.0. The van der Waals surface area contributed by atoms with Gasteiger partial charge in [0.2, 0.25) is 0 Å². The third-order valence-electron chi connectivity index (χ3n) is 4.59. The maximum absolute atomic E-state index is 13.2. The Labute approximate surface area is 221 Å². The van der Waals surface area contributed by atoms with Gasteiger partial charge in [0.1, 0.15) is 5.75 Å². The van der Waals surface area contributed by atoms with Gasteiger partial charge in [-0.1, -0.05) is 46.4 Å². The summed E-state index contributed by atoms with van der Waals surface area (Å²) in [6, 6.07) is 15.4. The van der Waals surface area contributed by atoms with Crippen LogP contribution in [0, 0.1) is 0 Å². The van der Waals surface area contributed by atoms with Crippen LogP contribution in [0.3, 0.4) is 0 Å². The van der Waals surface area contributed by atoms with Crippen LogP contribution < -0.4 is 15.0 Å². The molecule has 0 saturated heterocycles. The molecule has 3 rings (SSSR count). The van der Waals surface area contributed by atoms with Crippen molar-refractivity contribution in [3.8, 4) is 5.75 Å². The molecule has 0 fully saturated rings. The Hall–Kier alpha value is -2.97. The van der Waals surface area contributed by atoms with E-state index in [1.54, 1.807) is 30.3 Å². The highest BCUT2D eigenvalue weighted by Gasteiger charge is 2.20. The number of hydrogen-bond donors (Lipinski definition) is 2. The predicted octanol–water partition coefficient (Wildman–Crippen LogP) is 6.71. The van der Waals surface area contributed by atoms with Crippen molar-refractivity contribution in [1.29, 1.82) is 0 Å². The average Bonchev–Trinajstić information content (AvgIpc) is 2.76. The summed E-state index contributed by atoms with van der Waals surface area (Å²) in [5.41, 5.74) is 1.35. The minimum atomic E-state index is -1.02. The maximum atomic E-state index is 13.2. The van der Waals surface area contributed by atoms with Crippen LogP contribution in [-0.2, 0) is 11.3 Å². The number of hydrogen-bond acceptors (Lipinski definition) is 4. The zero-order chi connectivity index (χ0) is 25.5. The van der Waals surface area contributed by atoms with E-state index in [4.69, 9.17) is 56.2 Å². The second kappa shape index (κ2) is 12.1. The van der Waals surface area contributed by atoms with E-state index in [-0.39, 0.29) is 25.3 Å². The van der Waals surface area contributed by atoms with Gasteiger partial charge in [-0.05, 0) is 66.2 Å². The molecule has 0 bridgehead atoms. The number of amides is 2. The molecule has 7 nitrogen and oxygen atoms in total. The summed E-state index contributed by atoms with van der Waals surface area (Å²) in [4.78, 5) is 37.4. The molecule has 0 heterocycles. The zero-order valence-electron chi connectivity index (χ0n) is 17.9. The molecule has 2 amide bonds. The van der Waals surface area contributed by atoms with Gasteiger partial charge in [-0.2, -0.15) is 0 Å². The van der Waals surface area contributed by atoms with Crippen molar-refractivity contribution in [2.75, 3.05) is 11.4 Å². The third-order valence-corrected chi connectivity index (χ3v) is 5.46. The quantitative estimate of drug-likeness (QED) is 0.322. The third kappa shape index (κ3) is 8.04. The number of halogens is 4. The summed E-state index contributed by atoms with van der Waals surface area (Å²) in [5, 5.41) is 12.6. The first-order valence-corrected chi connectivity index (χ1v) is 11.6. The molecule has 0 atom stereocenters. The summed E-state index contributed by atoms with van der Waals surface area (Å²) >= 11 is 24.2. The molecule has 0 aliphatic carbocycles. The molecule has 0 radical (unpaired) electrons. The lowest BCUT2D eigenvalue weighted by molar-refractivity contribution is -0.136. The lowest BCUT2D eigenvalue weighted by atomic mass is 10.1. The van der Waals surface area contributed by atoms with Crippen LogP contribution in [0.5, 0.6) is 5.75 Å². The van der Waals surface area contributed by atoms with Crippen LogP contribution in [-0.4, -0.2) is 29.6 Å². The summed E-state index contributed by atoms with van der Waals surface area (Å²) in [6.07, 6.45) is -0.933. The van der Waals surface area contributed by atoms with Crippen molar-refractivity contribution in [1.82, 2.24) is 5.32 Å². The summed E-state index contributed by atoms with van der Waals surface area (Å²) in [6.45, 7) is 0.0453. The lowest BCUT2D eigenvalue weighted by Gasteiger charge is -2.23. The maximum Gasteiger partial charge on any atom is 0.420 e. The van der Waals surface area contributed by atoms with Crippen molar-refractivity contribution >= 4 is 70.1 Å². The molecular weight excluding hydrogens is 538 g/mol. The van der Waals surface area contributed by atoms with Crippen molar-refractivity contribution in [2.45, 2.75) is 13.0 Å². The second-order valence-corrected chi connectivity index (χ2v) is 9.03. The van der Waals surface area contributed by atoms with Crippen molar-refractivity contribution in [3.63, 3.8) is 0 Å². The Morgan fingerprint density at radius 3 is 1.91 bits per heavy atom. The Kier molecular flexibility index (Phi) is 9.23. The number of ether oxygens (including phenoxy) is 1. The highest BCUT2D eigenvalue weighted by atomic mass is 35.5. The summed E-state index contributed by atoms with van der Waals surface area (Å²) < 4.78 is 5.50. The normalized spacial score (nSPS) is 10.5. The minimum Gasteiger partial charge on any atom is -0.481 e. The summed E-state index contributed by atoms with van der Waals surface area (Å²) in [7, 11) is 0. The van der Waals surface area contributed by atoms with E-state index in [2.05, 4.69) is 5.32 Å². The van der Waals surface area contributed by atoms with E-state index in [1.807, 2.05) is 0 Å². The van der Waals surface area contributed by atoms with Gasteiger partial charge in [0.15, 0.2) is 0 Å². The fourth-order valence-corrected chi connectivity index (χ4v) is 4.14. The van der Waals surface area contributed by atoms with Crippen molar-refractivity contribution in [3.05, 3.63) is 91.9 Å². The topological polar surface area (TPSA) is 95.9 Å². The largest absolute Gasteiger partial charge is 0.481 e. The fourth-order valence-electron chi connectivity index (χ4n) is 3.07. The smallest absolute Gasteiger partial charge is 0.420 e. The van der Waals surface area contributed by atoms with Gasteiger partial charge in [0, 0.05) is 37.9 Å². The molecule has 35 heavy (non-hydrogen) atoms. The Balaban J connectivity index is 1.86. The van der Waals surface area contributed by atoms with Crippen LogP contribution in [0.15, 0.2) is 60.7 Å². The van der Waals surface area contributed by atoms with Gasteiger partial charge in [-0.3, -0.25) is 14.5 Å². The SMILES string of the molecule is O=C(O)CCNC(=O)c1ccc(N(Cc2cc(Cl)cc(Cl)c2)C(=O)Oc2cc(Cl)cc(Cl)c2)cc1. The molecule has 3 aromatic carbocycles. The van der Waals surface area contributed by atoms with Crippen molar-refractivity contribution in [2.24, 2.45) is 0 Å². The molecule has 0 aliphatic heterocycles. The van der Waals surface area contributed by atoms with Crippen LogP contribution in [0.4, 0.5) is 10.5 Å². The Bertz CT molecular complexity index is 1210. The number of nitrogens with one attached hydrogen (secondary N) is 1. The summed E-state index contributed by atoms with van der Waals surface area (Å²) in [5.74, 6) is -1.31. The average molecular weight is 556 g/mol. The predicted molar refractivity (Wildman–Crippen MR) is 136 cm³/mol. The van der Waals surface area contributed by atoms with Crippen molar-refractivity contribution < 1.29 is 24.2 Å². The van der Waals surface area contributed by atoms with Gasteiger partial charge < -0.3 is 15.2 Å². The van der Waals surface area contributed by atoms with Crippen LogP contribution in [0.25, 0.3) is 0 Å². The van der Waals surface area contributed by atoms with E-state index < -0.39 is 18.0 Å². The molecule has 2 N–H and O–H groups in total. The molecule has 0 saturated carbocycles. The number of benzene rings is 3. The van der Waals surface area contributed by atoms with Gasteiger partial charge in [0.25, 0.3) is 5.91 Å². The first kappa shape index (κ1) is 26.6. The van der Waals surface area contributed by atoms with E-state index >= 15 is 0 Å². The van der Waals surface area contributed by atoms with E-state index in [9.17, 15) is 14.4 Å². The number of anilines is 1. The van der Waals surface area contributed by atoms with E-state index in [1.165, 1.54) is 35.2 Å². The number of carboxylic acid groups (broad SMARTS) is 1. The minimum absolute atomic E-state index is 0.00785. The molecule has 0 aliphatic rings. The van der Waals surface area contributed by atoms with Crippen LogP contribution >= 0.6 is 46.4 Å². The highest BCUT2D eigenvalue weighted by molar-refractivity contribution is 6.35. The Morgan fingerprint density at radius 2 is 1.37 bits per heavy atom. The fraction of sp³-hybridized carbons (Fsp3) is 0.125. The monoisotopic (exact) mass is 554 g/mol.